The van der Waals surface area contributed by atoms with Crippen LogP contribution in [0.25, 0.3) is 0 Å². The third-order valence-corrected chi connectivity index (χ3v) is 3.52. The summed E-state index contributed by atoms with van der Waals surface area (Å²) >= 11 is 3.34. The summed E-state index contributed by atoms with van der Waals surface area (Å²) in [5.74, 6) is 0. The first-order valence-corrected chi connectivity index (χ1v) is 6.21. The fourth-order valence-corrected chi connectivity index (χ4v) is 2.56. The highest BCUT2D eigenvalue weighted by Gasteiger charge is 2.17. The quantitative estimate of drug-likeness (QED) is 0.746. The van der Waals surface area contributed by atoms with Crippen molar-refractivity contribution in [3.8, 4) is 0 Å². The molecular formula is C11H14BrNO. The summed E-state index contributed by atoms with van der Waals surface area (Å²) in [6.07, 6.45) is 6.76. The van der Waals surface area contributed by atoms with Crippen LogP contribution in [0.3, 0.4) is 0 Å². The van der Waals surface area contributed by atoms with Gasteiger partial charge in [-0.3, -0.25) is 4.79 Å². The lowest BCUT2D eigenvalue weighted by molar-refractivity contribution is 0.500. The number of alkyl halides is 1. The topological polar surface area (TPSA) is 22.0 Å². The van der Waals surface area contributed by atoms with Crippen LogP contribution < -0.4 is 5.56 Å². The first kappa shape index (κ1) is 9.97. The number of nitrogens with zero attached hydrogens (tertiary/aromatic N) is 1. The molecule has 0 radical (unpaired) electrons. The minimum absolute atomic E-state index is 0.177. The van der Waals surface area contributed by atoms with Gasteiger partial charge in [0, 0.05) is 23.1 Å². The van der Waals surface area contributed by atoms with Gasteiger partial charge in [-0.2, -0.15) is 0 Å². The van der Waals surface area contributed by atoms with Crippen LogP contribution in [0.4, 0.5) is 0 Å². The summed E-state index contributed by atoms with van der Waals surface area (Å²) in [7, 11) is 0. The fraction of sp³-hybridized carbons (Fsp3) is 0.545. The molecule has 0 spiro atoms. The largest absolute Gasteiger partial charge is 0.312 e. The molecule has 1 aliphatic rings. The van der Waals surface area contributed by atoms with Crippen LogP contribution in [0.5, 0.6) is 0 Å². The zero-order chi connectivity index (χ0) is 9.97. The minimum atomic E-state index is 0.177. The van der Waals surface area contributed by atoms with E-state index in [0.717, 1.165) is 18.4 Å². The maximum Gasteiger partial charge on any atom is 0.254 e. The van der Waals surface area contributed by atoms with Gasteiger partial charge in [-0.15, -0.1) is 0 Å². The minimum Gasteiger partial charge on any atom is -0.312 e. The van der Waals surface area contributed by atoms with Gasteiger partial charge in [-0.05, 0) is 18.9 Å². The van der Waals surface area contributed by atoms with Crippen molar-refractivity contribution in [1.82, 2.24) is 4.57 Å². The molecule has 1 aromatic heterocycles. The highest BCUT2D eigenvalue weighted by Crippen LogP contribution is 2.28. The molecule has 1 fully saturated rings. The normalized spacial score (nSPS) is 17.5. The summed E-state index contributed by atoms with van der Waals surface area (Å²) in [6, 6.07) is 4.31. The highest BCUT2D eigenvalue weighted by atomic mass is 79.9. The molecule has 1 saturated carbocycles. The molecule has 0 saturated heterocycles. The van der Waals surface area contributed by atoms with Crippen LogP contribution >= 0.6 is 15.9 Å². The third-order valence-electron chi connectivity index (χ3n) is 2.92. The molecule has 14 heavy (non-hydrogen) atoms. The number of pyridine rings is 1. The monoisotopic (exact) mass is 255 g/mol. The van der Waals surface area contributed by atoms with Crippen LogP contribution in [0.15, 0.2) is 23.1 Å². The molecule has 1 aromatic rings. The smallest absolute Gasteiger partial charge is 0.254 e. The number of hydrogen-bond donors (Lipinski definition) is 0. The molecule has 0 aromatic carbocycles. The Morgan fingerprint density at radius 1 is 1.43 bits per heavy atom. The van der Waals surface area contributed by atoms with Crippen molar-refractivity contribution < 1.29 is 0 Å². The van der Waals surface area contributed by atoms with Crippen molar-refractivity contribution in [1.29, 1.82) is 0 Å². The van der Waals surface area contributed by atoms with Gasteiger partial charge in [0.25, 0.3) is 5.56 Å². The Kier molecular flexibility index (Phi) is 3.06. The number of aromatic nitrogens is 1. The average Bonchev–Trinajstić information content (AvgIpc) is 2.71. The Bertz CT molecular complexity index is 366. The van der Waals surface area contributed by atoms with E-state index < -0.39 is 0 Å². The predicted molar refractivity (Wildman–Crippen MR) is 60.8 cm³/mol. The molecule has 2 rings (SSSR count). The SMILES string of the molecule is O=c1c(CBr)cccn1C1CCCC1. The molecule has 0 unspecified atom stereocenters. The number of halogens is 1. The lowest BCUT2D eigenvalue weighted by Crippen LogP contribution is -2.25. The second-order valence-electron chi connectivity index (χ2n) is 3.82. The Hall–Kier alpha value is -0.570. The molecule has 0 atom stereocenters. The molecule has 0 N–H and O–H groups in total. The Labute approximate surface area is 92.1 Å². The maximum atomic E-state index is 11.9. The molecular weight excluding hydrogens is 242 g/mol. The summed E-state index contributed by atoms with van der Waals surface area (Å²) < 4.78 is 1.91. The lowest BCUT2D eigenvalue weighted by Gasteiger charge is -2.13. The van der Waals surface area contributed by atoms with Crippen LogP contribution in [0, 0.1) is 0 Å². The first-order chi connectivity index (χ1) is 6.83. The average molecular weight is 256 g/mol. The van der Waals surface area contributed by atoms with E-state index in [1.807, 2.05) is 22.9 Å². The van der Waals surface area contributed by atoms with Crippen molar-refractivity contribution in [2.75, 3.05) is 0 Å². The zero-order valence-corrected chi connectivity index (χ0v) is 9.66. The van der Waals surface area contributed by atoms with Crippen molar-refractivity contribution in [3.63, 3.8) is 0 Å². The maximum absolute atomic E-state index is 11.9. The van der Waals surface area contributed by atoms with E-state index in [1.165, 1.54) is 12.8 Å². The third kappa shape index (κ3) is 1.78. The van der Waals surface area contributed by atoms with E-state index in [0.29, 0.717) is 11.4 Å². The Balaban J connectivity index is 2.37. The van der Waals surface area contributed by atoms with E-state index in [9.17, 15) is 4.79 Å². The van der Waals surface area contributed by atoms with E-state index in [2.05, 4.69) is 15.9 Å². The van der Waals surface area contributed by atoms with Gasteiger partial charge in [0.05, 0.1) is 0 Å². The van der Waals surface area contributed by atoms with E-state index in [-0.39, 0.29) is 5.56 Å². The van der Waals surface area contributed by atoms with Crippen LogP contribution in [0.1, 0.15) is 37.3 Å². The lowest BCUT2D eigenvalue weighted by atomic mass is 10.2. The Morgan fingerprint density at radius 2 is 2.14 bits per heavy atom. The van der Waals surface area contributed by atoms with Gasteiger partial charge in [0.15, 0.2) is 0 Å². The van der Waals surface area contributed by atoms with E-state index >= 15 is 0 Å². The highest BCUT2D eigenvalue weighted by molar-refractivity contribution is 9.08. The fourth-order valence-electron chi connectivity index (χ4n) is 2.13. The molecule has 0 aliphatic heterocycles. The van der Waals surface area contributed by atoms with Gasteiger partial charge in [0.1, 0.15) is 0 Å². The molecule has 1 aliphatic carbocycles. The van der Waals surface area contributed by atoms with Crippen molar-refractivity contribution in [2.24, 2.45) is 0 Å². The van der Waals surface area contributed by atoms with Gasteiger partial charge in [0.2, 0.25) is 0 Å². The van der Waals surface area contributed by atoms with Crippen molar-refractivity contribution >= 4 is 15.9 Å². The summed E-state index contributed by atoms with van der Waals surface area (Å²) in [5, 5.41) is 0.652. The van der Waals surface area contributed by atoms with Gasteiger partial charge in [-0.1, -0.05) is 34.8 Å². The van der Waals surface area contributed by atoms with Crippen molar-refractivity contribution in [2.45, 2.75) is 37.1 Å². The van der Waals surface area contributed by atoms with Crippen LogP contribution in [-0.2, 0) is 5.33 Å². The van der Waals surface area contributed by atoms with Gasteiger partial charge >= 0.3 is 0 Å². The molecule has 3 heteroatoms. The zero-order valence-electron chi connectivity index (χ0n) is 8.08. The summed E-state index contributed by atoms with van der Waals surface area (Å²) in [4.78, 5) is 11.9. The first-order valence-electron chi connectivity index (χ1n) is 5.09. The number of hydrogen-bond acceptors (Lipinski definition) is 1. The molecule has 76 valence electrons. The molecule has 1 heterocycles. The van der Waals surface area contributed by atoms with Gasteiger partial charge in [-0.25, -0.2) is 0 Å². The predicted octanol–water partition coefficient (Wildman–Crippen LogP) is 2.86. The summed E-state index contributed by atoms with van der Waals surface area (Å²) in [6.45, 7) is 0. The van der Waals surface area contributed by atoms with Gasteiger partial charge < -0.3 is 4.57 Å². The van der Waals surface area contributed by atoms with Crippen LogP contribution in [-0.4, -0.2) is 4.57 Å². The standard InChI is InChI=1S/C11H14BrNO/c12-8-9-4-3-7-13(11(9)14)10-5-1-2-6-10/h3-4,7,10H,1-2,5-6,8H2. The number of rotatable bonds is 2. The summed E-state index contributed by atoms with van der Waals surface area (Å²) in [5.41, 5.74) is 1.04. The van der Waals surface area contributed by atoms with Crippen LogP contribution in [0.2, 0.25) is 0 Å². The second-order valence-corrected chi connectivity index (χ2v) is 4.38. The van der Waals surface area contributed by atoms with Crippen molar-refractivity contribution in [3.05, 3.63) is 34.2 Å². The molecule has 2 nitrogen and oxygen atoms in total. The molecule has 0 amide bonds. The molecule has 0 bridgehead atoms. The second kappa shape index (κ2) is 4.30. The van der Waals surface area contributed by atoms with E-state index in [1.54, 1.807) is 0 Å². The van der Waals surface area contributed by atoms with E-state index in [4.69, 9.17) is 0 Å². The Morgan fingerprint density at radius 3 is 2.79 bits per heavy atom.